The third-order valence-corrected chi connectivity index (χ3v) is 4.24. The van der Waals surface area contributed by atoms with Crippen LogP contribution >= 0.6 is 11.3 Å². The normalized spacial score (nSPS) is 10.8. The minimum atomic E-state index is -0.146. The molecule has 0 unspecified atom stereocenters. The molecule has 0 aliphatic carbocycles. The van der Waals surface area contributed by atoms with Gasteiger partial charge in [0, 0.05) is 12.7 Å². The lowest BCUT2D eigenvalue weighted by Gasteiger charge is -2.02. The monoisotopic (exact) mass is 316 g/mol. The van der Waals surface area contributed by atoms with Gasteiger partial charge in [-0.05, 0) is 26.0 Å². The number of carbonyl (C=O) groups excluding carboxylic acids is 1. The zero-order valence-corrected chi connectivity index (χ0v) is 13.1. The maximum Gasteiger partial charge on any atom is 0.263 e. The van der Waals surface area contributed by atoms with E-state index in [0.29, 0.717) is 17.2 Å². The molecule has 0 aliphatic heterocycles. The molecular weight excluding hydrogens is 300 g/mol. The summed E-state index contributed by atoms with van der Waals surface area (Å²) in [5.41, 5.74) is 1.49. The number of aromatic nitrogens is 4. The lowest BCUT2D eigenvalue weighted by atomic mass is 10.3. The number of nitrogens with one attached hydrogen (secondary N) is 2. The molecule has 7 nitrogen and oxygen atoms in total. The third kappa shape index (κ3) is 2.77. The number of fused-ring (bicyclic) bond motifs is 1. The summed E-state index contributed by atoms with van der Waals surface area (Å²) in [5, 5.41) is 14.9. The van der Waals surface area contributed by atoms with Crippen LogP contribution in [0, 0.1) is 6.92 Å². The van der Waals surface area contributed by atoms with Gasteiger partial charge >= 0.3 is 0 Å². The summed E-state index contributed by atoms with van der Waals surface area (Å²) < 4.78 is 1.85. The van der Waals surface area contributed by atoms with Crippen molar-refractivity contribution in [3.8, 4) is 0 Å². The fourth-order valence-electron chi connectivity index (χ4n) is 2.09. The Balaban J connectivity index is 1.72. The molecule has 0 radical (unpaired) electrons. The molecule has 0 saturated carbocycles. The molecular formula is C14H16N6OS. The predicted molar refractivity (Wildman–Crippen MR) is 85.2 cm³/mol. The fraction of sp³-hybridized carbons (Fsp3) is 0.286. The molecule has 3 aromatic rings. The second-order valence-electron chi connectivity index (χ2n) is 4.69. The Morgan fingerprint density at radius 1 is 1.36 bits per heavy atom. The third-order valence-electron chi connectivity index (χ3n) is 3.12. The predicted octanol–water partition coefficient (Wildman–Crippen LogP) is 1.86. The number of nitrogens with zero attached hydrogens (tertiary/aromatic N) is 4. The van der Waals surface area contributed by atoms with Crippen LogP contribution in [0.1, 0.15) is 28.1 Å². The summed E-state index contributed by atoms with van der Waals surface area (Å²) in [4.78, 5) is 17.2. The number of anilines is 1. The van der Waals surface area contributed by atoms with E-state index in [2.05, 4.69) is 25.8 Å². The van der Waals surface area contributed by atoms with E-state index in [9.17, 15) is 4.79 Å². The van der Waals surface area contributed by atoms with Crippen LogP contribution in [0.3, 0.4) is 0 Å². The Kier molecular flexibility index (Phi) is 4.01. The molecule has 0 aromatic carbocycles. The minimum absolute atomic E-state index is 0.146. The van der Waals surface area contributed by atoms with E-state index in [4.69, 9.17) is 0 Å². The largest absolute Gasteiger partial charge is 0.362 e. The average molecular weight is 316 g/mol. The van der Waals surface area contributed by atoms with Crippen molar-refractivity contribution >= 4 is 28.0 Å². The second kappa shape index (κ2) is 6.10. The Hall–Kier alpha value is -2.48. The number of rotatable bonds is 5. The van der Waals surface area contributed by atoms with Gasteiger partial charge < -0.3 is 10.6 Å². The molecule has 3 aromatic heterocycles. The van der Waals surface area contributed by atoms with Crippen LogP contribution in [-0.4, -0.2) is 32.0 Å². The van der Waals surface area contributed by atoms with E-state index < -0.39 is 0 Å². The van der Waals surface area contributed by atoms with E-state index in [0.717, 1.165) is 23.0 Å². The highest BCUT2D eigenvalue weighted by Gasteiger charge is 2.15. The molecule has 0 atom stereocenters. The molecule has 114 valence electrons. The summed E-state index contributed by atoms with van der Waals surface area (Å²) in [5.74, 6) is 0.546. The number of carbonyl (C=O) groups is 1. The molecule has 2 N–H and O–H groups in total. The van der Waals surface area contributed by atoms with Crippen molar-refractivity contribution in [2.45, 2.75) is 20.4 Å². The Morgan fingerprint density at radius 2 is 2.23 bits per heavy atom. The molecule has 1 amide bonds. The average Bonchev–Trinajstić information content (AvgIpc) is 3.09. The van der Waals surface area contributed by atoms with E-state index in [1.54, 1.807) is 0 Å². The fourth-order valence-corrected chi connectivity index (χ4v) is 3.04. The van der Waals surface area contributed by atoms with Crippen LogP contribution in [0.2, 0.25) is 0 Å². The van der Waals surface area contributed by atoms with E-state index in [-0.39, 0.29) is 5.91 Å². The van der Waals surface area contributed by atoms with E-state index >= 15 is 0 Å². The van der Waals surface area contributed by atoms with Crippen molar-refractivity contribution in [2.24, 2.45) is 0 Å². The molecule has 0 spiro atoms. The highest BCUT2D eigenvalue weighted by molar-refractivity contribution is 7.17. The number of amides is 1. The van der Waals surface area contributed by atoms with Crippen molar-refractivity contribution in [3.05, 3.63) is 40.8 Å². The smallest absolute Gasteiger partial charge is 0.263 e. The number of aryl methyl sites for hydroxylation is 1. The quantitative estimate of drug-likeness (QED) is 0.750. The molecule has 0 bridgehead atoms. The van der Waals surface area contributed by atoms with E-state index in [1.165, 1.54) is 11.3 Å². The van der Waals surface area contributed by atoms with Crippen LogP contribution in [0.4, 0.5) is 5.13 Å². The van der Waals surface area contributed by atoms with Crippen molar-refractivity contribution < 1.29 is 4.79 Å². The molecule has 22 heavy (non-hydrogen) atoms. The first-order chi connectivity index (χ1) is 10.7. The lowest BCUT2D eigenvalue weighted by Crippen LogP contribution is -2.23. The van der Waals surface area contributed by atoms with Crippen LogP contribution in [0.25, 0.3) is 5.65 Å². The molecule has 0 fully saturated rings. The van der Waals surface area contributed by atoms with Crippen LogP contribution < -0.4 is 10.6 Å². The zero-order valence-electron chi connectivity index (χ0n) is 12.3. The van der Waals surface area contributed by atoms with Crippen molar-refractivity contribution in [3.63, 3.8) is 0 Å². The van der Waals surface area contributed by atoms with Crippen molar-refractivity contribution in [1.29, 1.82) is 0 Å². The van der Waals surface area contributed by atoms with Gasteiger partial charge in [0.15, 0.2) is 16.6 Å². The van der Waals surface area contributed by atoms with Gasteiger partial charge in [-0.3, -0.25) is 9.20 Å². The first-order valence-corrected chi connectivity index (χ1v) is 7.79. The minimum Gasteiger partial charge on any atom is -0.362 e. The SMILES string of the molecule is CCNc1nc(C)c(C(=O)NCc2nnc3ccccn23)s1. The van der Waals surface area contributed by atoms with Crippen molar-refractivity contribution in [2.75, 3.05) is 11.9 Å². The zero-order chi connectivity index (χ0) is 15.5. The lowest BCUT2D eigenvalue weighted by molar-refractivity contribution is 0.0953. The molecule has 3 heterocycles. The van der Waals surface area contributed by atoms with E-state index in [1.807, 2.05) is 42.6 Å². The number of pyridine rings is 1. The maximum absolute atomic E-state index is 12.3. The summed E-state index contributed by atoms with van der Waals surface area (Å²) in [6, 6.07) is 5.67. The summed E-state index contributed by atoms with van der Waals surface area (Å²) in [6.07, 6.45) is 1.87. The summed E-state index contributed by atoms with van der Waals surface area (Å²) in [6.45, 7) is 4.92. The second-order valence-corrected chi connectivity index (χ2v) is 5.69. The maximum atomic E-state index is 12.3. The Labute approximate surface area is 131 Å². The van der Waals surface area contributed by atoms with Gasteiger partial charge in [0.2, 0.25) is 0 Å². The van der Waals surface area contributed by atoms with Crippen molar-refractivity contribution in [1.82, 2.24) is 24.9 Å². The van der Waals surface area contributed by atoms with Crippen LogP contribution in [-0.2, 0) is 6.54 Å². The van der Waals surface area contributed by atoms with Crippen LogP contribution in [0.5, 0.6) is 0 Å². The number of hydrogen-bond donors (Lipinski definition) is 2. The van der Waals surface area contributed by atoms with Gasteiger partial charge in [0.25, 0.3) is 5.91 Å². The molecule has 0 saturated heterocycles. The van der Waals surface area contributed by atoms with Gasteiger partial charge in [-0.1, -0.05) is 17.4 Å². The highest BCUT2D eigenvalue weighted by atomic mass is 32.1. The first-order valence-electron chi connectivity index (χ1n) is 6.97. The van der Waals surface area contributed by atoms with Gasteiger partial charge in [-0.2, -0.15) is 0 Å². The summed E-state index contributed by atoms with van der Waals surface area (Å²) >= 11 is 1.36. The van der Waals surface area contributed by atoms with Gasteiger partial charge in [0.1, 0.15) is 4.88 Å². The Bertz CT molecular complexity index is 809. The van der Waals surface area contributed by atoms with Gasteiger partial charge in [-0.15, -0.1) is 10.2 Å². The highest BCUT2D eigenvalue weighted by Crippen LogP contribution is 2.22. The first kappa shape index (κ1) is 14.5. The van der Waals surface area contributed by atoms with Gasteiger partial charge in [0.05, 0.1) is 12.2 Å². The topological polar surface area (TPSA) is 84.2 Å². The number of hydrogen-bond acceptors (Lipinski definition) is 6. The number of thiazole rings is 1. The molecule has 8 heteroatoms. The standard InChI is InChI=1S/C14H16N6OS/c1-3-15-14-17-9(2)12(22-14)13(21)16-8-11-19-18-10-6-4-5-7-20(10)11/h4-7H,3,8H2,1-2H3,(H,15,17)(H,16,21). The van der Waals surface area contributed by atoms with Gasteiger partial charge in [-0.25, -0.2) is 4.98 Å². The van der Waals surface area contributed by atoms with Crippen LogP contribution in [0.15, 0.2) is 24.4 Å². The molecule has 0 aliphatic rings. The Morgan fingerprint density at radius 3 is 3.05 bits per heavy atom. The summed E-state index contributed by atoms with van der Waals surface area (Å²) in [7, 11) is 0. The molecule has 3 rings (SSSR count).